The van der Waals surface area contributed by atoms with Crippen LogP contribution in [0.25, 0.3) is 11.0 Å². The highest BCUT2D eigenvalue weighted by molar-refractivity contribution is 6.83. The summed E-state index contributed by atoms with van der Waals surface area (Å²) in [5.41, 5.74) is 4.08. The van der Waals surface area contributed by atoms with E-state index in [9.17, 15) is 9.59 Å². The molecule has 108 valence electrons. The topological polar surface area (TPSA) is 56.5 Å². The highest BCUT2D eigenvalue weighted by Crippen LogP contribution is 2.20. The average molecular weight is 300 g/mol. The van der Waals surface area contributed by atoms with Gasteiger partial charge in [-0.05, 0) is 18.2 Å². The minimum atomic E-state index is -1.54. The summed E-state index contributed by atoms with van der Waals surface area (Å²) in [4.78, 5) is 23.2. The minimum Gasteiger partial charge on any atom is -0.465 e. The van der Waals surface area contributed by atoms with Gasteiger partial charge in [0.05, 0.1) is 12.7 Å². The van der Waals surface area contributed by atoms with Gasteiger partial charge in [-0.15, -0.1) is 5.54 Å². The Kier molecular flexibility index (Phi) is 4.01. The summed E-state index contributed by atoms with van der Waals surface area (Å²) in [6, 6.07) is 6.18. The van der Waals surface area contributed by atoms with Gasteiger partial charge < -0.3 is 9.15 Å². The number of carbonyl (C=O) groups excluding carboxylic acids is 1. The molecule has 0 fully saturated rings. The van der Waals surface area contributed by atoms with Crippen LogP contribution in [-0.4, -0.2) is 21.2 Å². The van der Waals surface area contributed by atoms with Gasteiger partial charge in [0.1, 0.15) is 13.7 Å². The number of methoxy groups -OCH3 is 1. The van der Waals surface area contributed by atoms with Gasteiger partial charge in [-0.1, -0.05) is 25.6 Å². The maximum atomic E-state index is 11.9. The van der Waals surface area contributed by atoms with Gasteiger partial charge in [0, 0.05) is 17.0 Å². The standard InChI is InChI=1S/C16H16O4Si/c1-19-16(18)13-9-11(7-8-21(2,3)4)10-14-12(13)5-6-15(17)20-14/h5-6,9-10H,1-4H3. The predicted octanol–water partition coefficient (Wildman–Crippen LogP) is 2.81. The zero-order chi connectivity index (χ0) is 15.6. The monoisotopic (exact) mass is 300 g/mol. The Labute approximate surface area is 123 Å². The first kappa shape index (κ1) is 15.1. The molecule has 0 bridgehead atoms. The van der Waals surface area contributed by atoms with E-state index in [4.69, 9.17) is 9.15 Å². The van der Waals surface area contributed by atoms with Crippen LogP contribution in [0.4, 0.5) is 0 Å². The van der Waals surface area contributed by atoms with Gasteiger partial charge in [-0.2, -0.15) is 0 Å². The highest BCUT2D eigenvalue weighted by Gasteiger charge is 2.14. The SMILES string of the molecule is COC(=O)c1cc(C#C[Si](C)(C)C)cc2oc(=O)ccc12. The van der Waals surface area contributed by atoms with Crippen LogP contribution < -0.4 is 5.63 Å². The van der Waals surface area contributed by atoms with Gasteiger partial charge in [-0.25, -0.2) is 9.59 Å². The first-order chi connectivity index (χ1) is 9.80. The van der Waals surface area contributed by atoms with E-state index in [1.165, 1.54) is 13.2 Å². The number of esters is 1. The Hall–Kier alpha value is -2.32. The quantitative estimate of drug-likeness (QED) is 0.352. The fourth-order valence-corrected chi connectivity index (χ4v) is 2.31. The molecule has 0 saturated heterocycles. The molecule has 2 rings (SSSR count). The number of hydrogen-bond donors (Lipinski definition) is 0. The summed E-state index contributed by atoms with van der Waals surface area (Å²) in [6.07, 6.45) is 0. The van der Waals surface area contributed by atoms with Crippen LogP contribution in [0.15, 0.2) is 33.5 Å². The fraction of sp³-hybridized carbons (Fsp3) is 0.250. The first-order valence-electron chi connectivity index (χ1n) is 6.49. The Morgan fingerprint density at radius 3 is 2.57 bits per heavy atom. The van der Waals surface area contributed by atoms with Crippen molar-refractivity contribution in [1.82, 2.24) is 0 Å². The molecule has 5 heteroatoms. The van der Waals surface area contributed by atoms with Crippen LogP contribution in [0.3, 0.4) is 0 Å². The molecule has 0 aliphatic heterocycles. The third-order valence-electron chi connectivity index (χ3n) is 2.73. The minimum absolute atomic E-state index is 0.338. The third kappa shape index (κ3) is 3.61. The summed E-state index contributed by atoms with van der Waals surface area (Å²) in [5, 5.41) is 0.542. The van der Waals surface area contributed by atoms with E-state index >= 15 is 0 Å². The van der Waals surface area contributed by atoms with Crippen molar-refractivity contribution in [1.29, 1.82) is 0 Å². The molecule has 0 atom stereocenters. The maximum Gasteiger partial charge on any atom is 0.338 e. The second kappa shape index (κ2) is 5.58. The highest BCUT2D eigenvalue weighted by atomic mass is 28.3. The molecule has 0 radical (unpaired) electrons. The number of carbonyl (C=O) groups is 1. The fourth-order valence-electron chi connectivity index (χ4n) is 1.79. The molecule has 0 unspecified atom stereocenters. The molecule has 1 heterocycles. The number of benzene rings is 1. The Morgan fingerprint density at radius 1 is 1.24 bits per heavy atom. The van der Waals surface area contributed by atoms with Crippen molar-refractivity contribution in [3.05, 3.63) is 45.8 Å². The smallest absolute Gasteiger partial charge is 0.338 e. The van der Waals surface area contributed by atoms with Crippen molar-refractivity contribution < 1.29 is 13.9 Å². The molecule has 0 spiro atoms. The Balaban J connectivity index is 2.71. The van der Waals surface area contributed by atoms with Crippen molar-refractivity contribution in [2.45, 2.75) is 19.6 Å². The molecule has 2 aromatic rings. The van der Waals surface area contributed by atoms with Crippen LogP contribution in [0.1, 0.15) is 15.9 Å². The molecule has 0 aliphatic carbocycles. The largest absolute Gasteiger partial charge is 0.465 e. The summed E-state index contributed by atoms with van der Waals surface area (Å²) in [5.74, 6) is 2.58. The number of ether oxygens (including phenoxy) is 1. The van der Waals surface area contributed by atoms with E-state index in [1.54, 1.807) is 18.2 Å². The van der Waals surface area contributed by atoms with Gasteiger partial charge in [0.2, 0.25) is 0 Å². The van der Waals surface area contributed by atoms with Crippen LogP contribution in [0, 0.1) is 11.5 Å². The Bertz CT molecular complexity index is 816. The van der Waals surface area contributed by atoms with E-state index in [0.717, 1.165) is 0 Å². The van der Waals surface area contributed by atoms with Crippen LogP contribution in [-0.2, 0) is 4.74 Å². The molecule has 0 aliphatic rings. The van der Waals surface area contributed by atoms with Gasteiger partial charge in [0.25, 0.3) is 0 Å². The van der Waals surface area contributed by atoms with Crippen molar-refractivity contribution >= 4 is 25.0 Å². The third-order valence-corrected chi connectivity index (χ3v) is 3.60. The lowest BCUT2D eigenvalue weighted by atomic mass is 10.1. The molecule has 0 saturated carbocycles. The van der Waals surface area contributed by atoms with E-state index < -0.39 is 19.7 Å². The summed E-state index contributed by atoms with van der Waals surface area (Å²) in [6.45, 7) is 6.38. The molecule has 4 nitrogen and oxygen atoms in total. The van der Waals surface area contributed by atoms with E-state index in [-0.39, 0.29) is 0 Å². The normalized spacial score (nSPS) is 10.9. The molecular weight excluding hydrogens is 284 g/mol. The first-order valence-corrected chi connectivity index (χ1v) is 9.99. The van der Waals surface area contributed by atoms with E-state index in [1.807, 2.05) is 0 Å². The summed E-state index contributed by atoms with van der Waals surface area (Å²) >= 11 is 0. The molecule has 0 N–H and O–H groups in total. The average Bonchev–Trinajstić information content (AvgIpc) is 2.42. The van der Waals surface area contributed by atoms with Crippen molar-refractivity contribution in [2.24, 2.45) is 0 Å². The lowest BCUT2D eigenvalue weighted by molar-refractivity contribution is 0.0603. The molecule has 1 aromatic carbocycles. The second-order valence-electron chi connectivity index (χ2n) is 5.68. The van der Waals surface area contributed by atoms with Gasteiger partial charge in [-0.3, -0.25) is 0 Å². The lowest BCUT2D eigenvalue weighted by Crippen LogP contribution is -2.16. The Morgan fingerprint density at radius 2 is 1.95 bits per heavy atom. The van der Waals surface area contributed by atoms with Crippen LogP contribution in [0.2, 0.25) is 19.6 Å². The lowest BCUT2D eigenvalue weighted by Gasteiger charge is -2.06. The van der Waals surface area contributed by atoms with E-state index in [2.05, 4.69) is 31.1 Å². The maximum absolute atomic E-state index is 11.9. The molecule has 1 aromatic heterocycles. The zero-order valence-electron chi connectivity index (χ0n) is 12.4. The van der Waals surface area contributed by atoms with Gasteiger partial charge >= 0.3 is 11.6 Å². The van der Waals surface area contributed by atoms with Crippen LogP contribution in [0.5, 0.6) is 0 Å². The predicted molar refractivity (Wildman–Crippen MR) is 84.0 cm³/mol. The van der Waals surface area contributed by atoms with Crippen molar-refractivity contribution in [3.8, 4) is 11.5 Å². The summed E-state index contributed by atoms with van der Waals surface area (Å²) < 4.78 is 9.93. The van der Waals surface area contributed by atoms with Crippen molar-refractivity contribution in [2.75, 3.05) is 7.11 Å². The molecule has 21 heavy (non-hydrogen) atoms. The summed E-state index contributed by atoms with van der Waals surface area (Å²) in [7, 11) is -0.228. The van der Waals surface area contributed by atoms with Gasteiger partial charge in [0.15, 0.2) is 0 Å². The number of hydrogen-bond acceptors (Lipinski definition) is 4. The molecule has 0 amide bonds. The van der Waals surface area contributed by atoms with E-state index in [0.29, 0.717) is 22.1 Å². The molecular formula is C16H16O4Si. The number of fused-ring (bicyclic) bond motifs is 1. The number of rotatable bonds is 1. The van der Waals surface area contributed by atoms with Crippen LogP contribution >= 0.6 is 0 Å². The van der Waals surface area contributed by atoms with Crippen molar-refractivity contribution in [3.63, 3.8) is 0 Å². The second-order valence-corrected chi connectivity index (χ2v) is 10.4. The zero-order valence-corrected chi connectivity index (χ0v) is 13.4.